The summed E-state index contributed by atoms with van der Waals surface area (Å²) >= 11 is 1.55. The molecule has 0 atom stereocenters. The standard InChI is InChI=1S/C12H16N2O2S/c1-9-4-6-14(7-5-9)12-13-8-10(17-12)2-3-11(15)16/h2-3,8-9H,4-7H2,1H3,(H,15,16)/b3-2+. The molecule has 1 aliphatic heterocycles. The van der Waals surface area contributed by atoms with E-state index in [0.29, 0.717) is 0 Å². The summed E-state index contributed by atoms with van der Waals surface area (Å²) in [7, 11) is 0. The number of aliphatic carboxylic acids is 1. The first kappa shape index (κ1) is 12.1. The quantitative estimate of drug-likeness (QED) is 0.840. The van der Waals surface area contributed by atoms with Crippen molar-refractivity contribution in [1.29, 1.82) is 0 Å². The fourth-order valence-corrected chi connectivity index (χ4v) is 2.72. The average molecular weight is 252 g/mol. The van der Waals surface area contributed by atoms with E-state index >= 15 is 0 Å². The lowest BCUT2D eigenvalue weighted by molar-refractivity contribution is -0.131. The molecule has 0 saturated carbocycles. The Hall–Kier alpha value is -1.36. The van der Waals surface area contributed by atoms with Gasteiger partial charge in [-0.1, -0.05) is 18.3 Å². The molecule has 0 aromatic carbocycles. The van der Waals surface area contributed by atoms with Gasteiger partial charge in [-0.15, -0.1) is 0 Å². The molecule has 0 spiro atoms. The molecule has 92 valence electrons. The summed E-state index contributed by atoms with van der Waals surface area (Å²) in [5.41, 5.74) is 0. The number of rotatable bonds is 3. The molecule has 1 saturated heterocycles. The van der Waals surface area contributed by atoms with Crippen LogP contribution >= 0.6 is 11.3 Å². The van der Waals surface area contributed by atoms with E-state index in [9.17, 15) is 4.79 Å². The number of anilines is 1. The predicted octanol–water partition coefficient (Wildman–Crippen LogP) is 2.48. The minimum atomic E-state index is -0.924. The van der Waals surface area contributed by atoms with Gasteiger partial charge in [0, 0.05) is 30.2 Å². The zero-order valence-corrected chi connectivity index (χ0v) is 10.6. The summed E-state index contributed by atoms with van der Waals surface area (Å²) < 4.78 is 0. The van der Waals surface area contributed by atoms with E-state index in [1.165, 1.54) is 12.8 Å². The highest BCUT2D eigenvalue weighted by molar-refractivity contribution is 7.16. The second-order valence-electron chi connectivity index (χ2n) is 4.39. The number of carbonyl (C=O) groups is 1. The van der Waals surface area contributed by atoms with Gasteiger partial charge in [0.2, 0.25) is 0 Å². The van der Waals surface area contributed by atoms with Crippen molar-refractivity contribution >= 4 is 28.5 Å². The molecule has 17 heavy (non-hydrogen) atoms. The van der Waals surface area contributed by atoms with Gasteiger partial charge in [0.05, 0.1) is 0 Å². The van der Waals surface area contributed by atoms with E-state index in [2.05, 4.69) is 16.8 Å². The summed E-state index contributed by atoms with van der Waals surface area (Å²) in [6.07, 6.45) is 6.89. The number of carboxylic acid groups (broad SMARTS) is 1. The molecule has 5 heteroatoms. The Kier molecular flexibility index (Phi) is 3.78. The molecule has 4 nitrogen and oxygen atoms in total. The molecule has 1 aliphatic rings. The zero-order valence-electron chi connectivity index (χ0n) is 9.80. The third kappa shape index (κ3) is 3.30. The molecule has 0 amide bonds. The van der Waals surface area contributed by atoms with Crippen LogP contribution in [0.2, 0.25) is 0 Å². The molecule has 0 aliphatic carbocycles. The van der Waals surface area contributed by atoms with Crippen molar-refractivity contribution in [2.45, 2.75) is 19.8 Å². The van der Waals surface area contributed by atoms with Crippen LogP contribution in [0.15, 0.2) is 12.3 Å². The van der Waals surface area contributed by atoms with Crippen LogP contribution < -0.4 is 4.90 Å². The Bertz CT molecular complexity index is 420. The van der Waals surface area contributed by atoms with Gasteiger partial charge in [0.25, 0.3) is 0 Å². The van der Waals surface area contributed by atoms with Crippen molar-refractivity contribution in [2.75, 3.05) is 18.0 Å². The molecule has 1 N–H and O–H groups in total. The minimum Gasteiger partial charge on any atom is -0.478 e. The highest BCUT2D eigenvalue weighted by Crippen LogP contribution is 2.27. The van der Waals surface area contributed by atoms with Gasteiger partial charge >= 0.3 is 5.97 Å². The predicted molar refractivity (Wildman–Crippen MR) is 69.4 cm³/mol. The van der Waals surface area contributed by atoms with Crippen LogP contribution in [0.25, 0.3) is 6.08 Å². The number of thiazole rings is 1. The van der Waals surface area contributed by atoms with Crippen molar-refractivity contribution in [3.8, 4) is 0 Å². The second-order valence-corrected chi connectivity index (χ2v) is 5.43. The molecule has 2 rings (SSSR count). The summed E-state index contributed by atoms with van der Waals surface area (Å²) in [5, 5.41) is 9.55. The fraction of sp³-hybridized carbons (Fsp3) is 0.500. The minimum absolute atomic E-state index is 0.803. The lowest BCUT2D eigenvalue weighted by Gasteiger charge is -2.29. The monoisotopic (exact) mass is 252 g/mol. The normalized spacial score (nSPS) is 17.8. The maximum Gasteiger partial charge on any atom is 0.328 e. The van der Waals surface area contributed by atoms with E-state index in [1.54, 1.807) is 23.6 Å². The van der Waals surface area contributed by atoms with Crippen molar-refractivity contribution in [2.24, 2.45) is 5.92 Å². The summed E-state index contributed by atoms with van der Waals surface area (Å²) in [4.78, 5) is 17.9. The van der Waals surface area contributed by atoms with Crippen LogP contribution in [0, 0.1) is 5.92 Å². The van der Waals surface area contributed by atoms with Gasteiger partial charge in [-0.05, 0) is 24.8 Å². The Morgan fingerprint density at radius 2 is 2.29 bits per heavy atom. The van der Waals surface area contributed by atoms with Gasteiger partial charge < -0.3 is 10.0 Å². The maximum absolute atomic E-state index is 10.4. The molecule has 1 fully saturated rings. The van der Waals surface area contributed by atoms with Gasteiger partial charge in [0.1, 0.15) is 0 Å². The van der Waals surface area contributed by atoms with E-state index in [1.807, 2.05) is 0 Å². The molecule has 0 radical (unpaired) electrons. The fourth-order valence-electron chi connectivity index (χ4n) is 1.85. The number of hydrogen-bond donors (Lipinski definition) is 1. The van der Waals surface area contributed by atoms with Gasteiger partial charge in [0.15, 0.2) is 5.13 Å². The lowest BCUT2D eigenvalue weighted by Crippen LogP contribution is -2.32. The van der Waals surface area contributed by atoms with Crippen LogP contribution in [-0.2, 0) is 4.79 Å². The summed E-state index contributed by atoms with van der Waals surface area (Å²) in [6, 6.07) is 0. The third-order valence-electron chi connectivity index (χ3n) is 2.96. The van der Waals surface area contributed by atoms with Crippen LogP contribution in [0.3, 0.4) is 0 Å². The van der Waals surface area contributed by atoms with Crippen molar-refractivity contribution in [3.63, 3.8) is 0 Å². The first-order valence-electron chi connectivity index (χ1n) is 5.77. The molecule has 1 aromatic heterocycles. The highest BCUT2D eigenvalue weighted by Gasteiger charge is 2.17. The van der Waals surface area contributed by atoms with Crippen molar-refractivity contribution in [3.05, 3.63) is 17.2 Å². The van der Waals surface area contributed by atoms with Gasteiger partial charge in [-0.2, -0.15) is 0 Å². The van der Waals surface area contributed by atoms with E-state index in [4.69, 9.17) is 5.11 Å². The van der Waals surface area contributed by atoms with Crippen molar-refractivity contribution in [1.82, 2.24) is 4.98 Å². The van der Waals surface area contributed by atoms with E-state index in [-0.39, 0.29) is 0 Å². The van der Waals surface area contributed by atoms with Crippen molar-refractivity contribution < 1.29 is 9.90 Å². The average Bonchev–Trinajstić information content (AvgIpc) is 2.76. The number of carboxylic acids is 1. The molecule has 0 unspecified atom stereocenters. The maximum atomic E-state index is 10.4. The number of nitrogens with zero attached hydrogens (tertiary/aromatic N) is 2. The molecule has 0 bridgehead atoms. The van der Waals surface area contributed by atoms with Crippen LogP contribution in [0.1, 0.15) is 24.6 Å². The van der Waals surface area contributed by atoms with Gasteiger partial charge in [-0.3, -0.25) is 0 Å². The van der Waals surface area contributed by atoms with E-state index < -0.39 is 5.97 Å². The van der Waals surface area contributed by atoms with Crippen LogP contribution in [0.5, 0.6) is 0 Å². The summed E-state index contributed by atoms with van der Waals surface area (Å²) in [6.45, 7) is 4.38. The molecular formula is C12H16N2O2S. The zero-order chi connectivity index (χ0) is 12.3. The lowest BCUT2D eigenvalue weighted by atomic mass is 10.00. The summed E-state index contributed by atoms with van der Waals surface area (Å²) in [5.74, 6) is -0.121. The number of hydrogen-bond acceptors (Lipinski definition) is 4. The molecular weight excluding hydrogens is 236 g/mol. The Morgan fingerprint density at radius 3 is 2.94 bits per heavy atom. The SMILES string of the molecule is CC1CCN(c2ncc(/C=C/C(=O)O)s2)CC1. The largest absolute Gasteiger partial charge is 0.478 e. The second kappa shape index (κ2) is 5.31. The molecule has 1 aromatic rings. The van der Waals surface area contributed by atoms with Gasteiger partial charge in [-0.25, -0.2) is 9.78 Å². The number of piperidine rings is 1. The number of aromatic nitrogens is 1. The van der Waals surface area contributed by atoms with E-state index in [0.717, 1.165) is 35.1 Å². The Morgan fingerprint density at radius 1 is 1.59 bits per heavy atom. The third-order valence-corrected chi connectivity index (χ3v) is 3.98. The topological polar surface area (TPSA) is 53.4 Å². The first-order chi connectivity index (χ1) is 8.15. The highest BCUT2D eigenvalue weighted by atomic mass is 32.1. The Balaban J connectivity index is 2.00. The van der Waals surface area contributed by atoms with Crippen LogP contribution in [-0.4, -0.2) is 29.1 Å². The Labute approximate surface area is 105 Å². The molecule has 2 heterocycles. The van der Waals surface area contributed by atoms with Crippen LogP contribution in [0.4, 0.5) is 5.13 Å². The smallest absolute Gasteiger partial charge is 0.328 e. The first-order valence-corrected chi connectivity index (χ1v) is 6.58.